The van der Waals surface area contributed by atoms with E-state index < -0.39 is 9.04 Å². The lowest BCUT2D eigenvalue weighted by Gasteiger charge is -2.09. The van der Waals surface area contributed by atoms with Gasteiger partial charge in [0.25, 0.3) is 0 Å². The predicted molar refractivity (Wildman–Crippen MR) is 57.9 cm³/mol. The number of unbranched alkanes of at least 4 members (excludes halogenated alkanes) is 3. The molecule has 0 aromatic rings. The predicted octanol–water partition coefficient (Wildman–Crippen LogP) is 3.05. The van der Waals surface area contributed by atoms with Crippen LogP contribution in [0.3, 0.4) is 0 Å². The Balaban J connectivity index is 3.12. The first-order valence-corrected chi connectivity index (χ1v) is 7.04. The lowest BCUT2D eigenvalue weighted by molar-refractivity contribution is 0.312. The van der Waals surface area contributed by atoms with E-state index in [2.05, 4.69) is 20.4 Å². The van der Waals surface area contributed by atoms with Gasteiger partial charge < -0.3 is 4.43 Å². The van der Waals surface area contributed by atoms with Crippen LogP contribution in [0.4, 0.5) is 0 Å². The third kappa shape index (κ3) is 6.62. The average Bonchev–Trinajstić information content (AvgIpc) is 2.11. The minimum Gasteiger partial charge on any atom is -0.416 e. The quantitative estimate of drug-likeness (QED) is 0.418. The van der Waals surface area contributed by atoms with Gasteiger partial charge in [0.15, 0.2) is 9.04 Å². The summed E-state index contributed by atoms with van der Waals surface area (Å²) in [6, 6.07) is 1.18. The smallest absolute Gasteiger partial charge is 0.200 e. The van der Waals surface area contributed by atoms with E-state index in [0.717, 1.165) is 6.61 Å². The van der Waals surface area contributed by atoms with E-state index in [4.69, 9.17) is 4.43 Å². The molecule has 2 heteroatoms. The summed E-state index contributed by atoms with van der Waals surface area (Å²) in [6.45, 7) is 9.15. The zero-order valence-corrected chi connectivity index (χ0v) is 9.67. The van der Waals surface area contributed by atoms with Gasteiger partial charge in [-0.1, -0.05) is 38.8 Å². The van der Waals surface area contributed by atoms with Crippen molar-refractivity contribution in [2.75, 3.05) is 6.61 Å². The zero-order chi connectivity index (χ0) is 9.23. The normalized spacial score (nSPS) is 12.8. The molecule has 1 atom stereocenters. The van der Waals surface area contributed by atoms with Crippen molar-refractivity contribution in [2.24, 2.45) is 0 Å². The Morgan fingerprint density at radius 1 is 1.25 bits per heavy atom. The highest BCUT2D eigenvalue weighted by atomic mass is 28.3. The van der Waals surface area contributed by atoms with Crippen LogP contribution in [0.5, 0.6) is 0 Å². The molecule has 0 aliphatic rings. The molecule has 12 heavy (non-hydrogen) atoms. The van der Waals surface area contributed by atoms with Gasteiger partial charge in [0.05, 0.1) is 0 Å². The van der Waals surface area contributed by atoms with Crippen LogP contribution >= 0.6 is 0 Å². The Morgan fingerprint density at radius 2 is 2.00 bits per heavy atom. The fraction of sp³-hybridized carbons (Fsp3) is 0.800. The molecular formula is C10H22OSi. The summed E-state index contributed by atoms with van der Waals surface area (Å²) in [5, 5.41) is 0. The van der Waals surface area contributed by atoms with Crippen LogP contribution in [-0.2, 0) is 4.43 Å². The SMILES string of the molecule is C=C[SiH](CC)OCCCCCC. The first-order chi connectivity index (χ1) is 5.85. The summed E-state index contributed by atoms with van der Waals surface area (Å²) >= 11 is 0. The Hall–Kier alpha value is -0.0831. The molecule has 0 bridgehead atoms. The van der Waals surface area contributed by atoms with Gasteiger partial charge in [0.1, 0.15) is 0 Å². The van der Waals surface area contributed by atoms with Gasteiger partial charge in [-0.3, -0.25) is 0 Å². The molecule has 0 aliphatic heterocycles. The Labute approximate surface area is 78.5 Å². The summed E-state index contributed by atoms with van der Waals surface area (Å²) in [5.41, 5.74) is 2.03. The van der Waals surface area contributed by atoms with E-state index in [9.17, 15) is 0 Å². The number of hydrogen-bond acceptors (Lipinski definition) is 1. The minimum atomic E-state index is -0.980. The van der Waals surface area contributed by atoms with Crippen LogP contribution < -0.4 is 0 Å². The molecule has 1 nitrogen and oxygen atoms in total. The van der Waals surface area contributed by atoms with Crippen LogP contribution in [0.2, 0.25) is 6.04 Å². The van der Waals surface area contributed by atoms with Crippen molar-refractivity contribution in [3.05, 3.63) is 12.3 Å². The second kappa shape index (κ2) is 9.01. The molecule has 0 spiro atoms. The molecule has 0 heterocycles. The molecule has 0 aliphatic carbocycles. The number of hydrogen-bond donors (Lipinski definition) is 0. The third-order valence-electron chi connectivity index (χ3n) is 2.00. The lowest BCUT2D eigenvalue weighted by atomic mass is 10.2. The maximum absolute atomic E-state index is 5.71. The summed E-state index contributed by atoms with van der Waals surface area (Å²) in [4.78, 5) is 0. The summed E-state index contributed by atoms with van der Waals surface area (Å²) in [7, 11) is -0.980. The molecule has 0 fully saturated rings. The van der Waals surface area contributed by atoms with Crippen molar-refractivity contribution >= 4 is 9.04 Å². The van der Waals surface area contributed by atoms with E-state index in [-0.39, 0.29) is 0 Å². The van der Waals surface area contributed by atoms with Gasteiger partial charge >= 0.3 is 0 Å². The highest BCUT2D eigenvalue weighted by Crippen LogP contribution is 2.01. The van der Waals surface area contributed by atoms with E-state index in [1.165, 1.54) is 31.7 Å². The maximum atomic E-state index is 5.71. The molecule has 0 N–H and O–H groups in total. The van der Waals surface area contributed by atoms with Crippen LogP contribution in [-0.4, -0.2) is 15.6 Å². The second-order valence-electron chi connectivity index (χ2n) is 3.11. The molecule has 0 aromatic heterocycles. The Morgan fingerprint density at radius 3 is 2.50 bits per heavy atom. The molecule has 0 rings (SSSR count). The van der Waals surface area contributed by atoms with Crippen LogP contribution in [0.15, 0.2) is 12.3 Å². The van der Waals surface area contributed by atoms with E-state index in [0.29, 0.717) is 0 Å². The highest BCUT2D eigenvalue weighted by Gasteiger charge is 2.01. The molecule has 0 saturated heterocycles. The average molecular weight is 186 g/mol. The van der Waals surface area contributed by atoms with Gasteiger partial charge in [-0.2, -0.15) is 0 Å². The van der Waals surface area contributed by atoms with Crippen LogP contribution in [0.1, 0.15) is 39.5 Å². The fourth-order valence-electron chi connectivity index (χ4n) is 1.12. The first-order valence-electron chi connectivity index (χ1n) is 5.09. The largest absolute Gasteiger partial charge is 0.416 e. The van der Waals surface area contributed by atoms with Gasteiger partial charge in [0, 0.05) is 6.61 Å². The minimum absolute atomic E-state index is 0.955. The van der Waals surface area contributed by atoms with Crippen LogP contribution in [0, 0.1) is 0 Å². The van der Waals surface area contributed by atoms with Gasteiger partial charge in [-0.15, -0.1) is 6.58 Å². The highest BCUT2D eigenvalue weighted by molar-refractivity contribution is 6.57. The fourth-order valence-corrected chi connectivity index (χ4v) is 2.29. The van der Waals surface area contributed by atoms with Gasteiger partial charge in [-0.05, 0) is 12.5 Å². The second-order valence-corrected chi connectivity index (χ2v) is 5.81. The van der Waals surface area contributed by atoms with E-state index in [1.54, 1.807) is 0 Å². The molecule has 1 unspecified atom stereocenters. The van der Waals surface area contributed by atoms with E-state index in [1.807, 2.05) is 5.70 Å². The Kier molecular flexibility index (Phi) is 8.95. The van der Waals surface area contributed by atoms with Crippen molar-refractivity contribution in [1.29, 1.82) is 0 Å². The van der Waals surface area contributed by atoms with Crippen molar-refractivity contribution in [3.8, 4) is 0 Å². The standard InChI is InChI=1S/C10H22OSi/c1-4-7-8-9-10-11-12(5-2)6-3/h5,12H,2,4,6-10H2,1,3H3. The van der Waals surface area contributed by atoms with Crippen LogP contribution in [0.25, 0.3) is 0 Å². The molecule has 0 radical (unpaired) electrons. The molecular weight excluding hydrogens is 164 g/mol. The summed E-state index contributed by atoms with van der Waals surface area (Å²) in [6.07, 6.45) is 5.19. The third-order valence-corrected chi connectivity index (χ3v) is 3.99. The lowest BCUT2D eigenvalue weighted by Crippen LogP contribution is -2.14. The van der Waals surface area contributed by atoms with Crippen molar-refractivity contribution in [1.82, 2.24) is 0 Å². The zero-order valence-electron chi connectivity index (χ0n) is 8.51. The summed E-state index contributed by atoms with van der Waals surface area (Å²) < 4.78 is 5.71. The van der Waals surface area contributed by atoms with Crippen molar-refractivity contribution in [2.45, 2.75) is 45.6 Å². The van der Waals surface area contributed by atoms with Crippen molar-refractivity contribution < 1.29 is 4.43 Å². The summed E-state index contributed by atoms with van der Waals surface area (Å²) in [5.74, 6) is 0. The van der Waals surface area contributed by atoms with Gasteiger partial charge in [-0.25, -0.2) is 0 Å². The number of rotatable bonds is 8. The molecule has 72 valence electrons. The monoisotopic (exact) mass is 186 g/mol. The Bertz CT molecular complexity index is 104. The van der Waals surface area contributed by atoms with Gasteiger partial charge in [0.2, 0.25) is 0 Å². The van der Waals surface area contributed by atoms with Crippen molar-refractivity contribution in [3.63, 3.8) is 0 Å². The maximum Gasteiger partial charge on any atom is 0.200 e. The molecule has 0 aromatic carbocycles. The van der Waals surface area contributed by atoms with E-state index >= 15 is 0 Å². The molecule has 0 saturated carbocycles. The first kappa shape index (κ1) is 11.9. The topological polar surface area (TPSA) is 9.23 Å². The molecule has 0 amide bonds.